The van der Waals surface area contributed by atoms with Crippen LogP contribution in [-0.2, 0) is 0 Å². The van der Waals surface area contributed by atoms with Crippen LogP contribution in [0.3, 0.4) is 0 Å². The zero-order valence-electron chi connectivity index (χ0n) is 11.3. The summed E-state index contributed by atoms with van der Waals surface area (Å²) in [6, 6.07) is 0. The first-order valence-electron chi connectivity index (χ1n) is 7.05. The van der Waals surface area contributed by atoms with Crippen molar-refractivity contribution >= 4 is 0 Å². The number of rotatable bonds is 0. The van der Waals surface area contributed by atoms with E-state index in [0.29, 0.717) is 11.6 Å². The number of nitrogens with zero attached hydrogens (tertiary/aromatic N) is 1. The van der Waals surface area contributed by atoms with Crippen LogP contribution in [0, 0.1) is 11.3 Å². The van der Waals surface area contributed by atoms with Crippen molar-refractivity contribution in [2.75, 3.05) is 19.6 Å². The summed E-state index contributed by atoms with van der Waals surface area (Å²) in [7, 11) is 0. The van der Waals surface area contributed by atoms with E-state index >= 15 is 0 Å². The number of hydrogen-bond acceptors (Lipinski definition) is 2. The smallest absolute Gasteiger partial charge is 0.0597 e. The first kappa shape index (κ1) is 12.4. The third-order valence-corrected chi connectivity index (χ3v) is 4.46. The van der Waals surface area contributed by atoms with E-state index in [9.17, 15) is 0 Å². The van der Waals surface area contributed by atoms with E-state index in [4.69, 9.17) is 0 Å². The van der Waals surface area contributed by atoms with E-state index in [0.717, 1.165) is 5.92 Å². The standard InChI is InChI=1S/C14H28N2/c1-14(2,3)12-6-4-7-13-15-9-5-10-16(13)11-8-12/h12-13,15H,4-11H2,1-3H3. The highest BCUT2D eigenvalue weighted by Crippen LogP contribution is 2.35. The summed E-state index contributed by atoms with van der Waals surface area (Å²) < 4.78 is 0. The maximum atomic E-state index is 3.67. The van der Waals surface area contributed by atoms with Gasteiger partial charge in [0.05, 0.1) is 6.17 Å². The van der Waals surface area contributed by atoms with E-state index < -0.39 is 0 Å². The van der Waals surface area contributed by atoms with Crippen LogP contribution in [0.25, 0.3) is 0 Å². The van der Waals surface area contributed by atoms with Gasteiger partial charge in [0.2, 0.25) is 0 Å². The molecule has 2 atom stereocenters. The Morgan fingerprint density at radius 1 is 1.00 bits per heavy atom. The summed E-state index contributed by atoms with van der Waals surface area (Å²) in [4.78, 5) is 2.68. The molecule has 2 nitrogen and oxygen atoms in total. The van der Waals surface area contributed by atoms with Crippen molar-refractivity contribution in [3.05, 3.63) is 0 Å². The van der Waals surface area contributed by atoms with Crippen molar-refractivity contribution in [1.29, 1.82) is 0 Å². The minimum atomic E-state index is 0.496. The fourth-order valence-electron chi connectivity index (χ4n) is 3.28. The van der Waals surface area contributed by atoms with Crippen LogP contribution in [0.5, 0.6) is 0 Å². The highest BCUT2D eigenvalue weighted by atomic mass is 15.3. The van der Waals surface area contributed by atoms with Crippen molar-refractivity contribution < 1.29 is 0 Å². The van der Waals surface area contributed by atoms with Crippen molar-refractivity contribution in [2.45, 2.75) is 59.0 Å². The summed E-state index contributed by atoms with van der Waals surface area (Å²) in [6.45, 7) is 11.1. The summed E-state index contributed by atoms with van der Waals surface area (Å²) in [5.74, 6) is 0.912. The summed E-state index contributed by atoms with van der Waals surface area (Å²) in [5.41, 5.74) is 0.496. The molecule has 0 aromatic carbocycles. The molecule has 0 bridgehead atoms. The molecule has 0 amide bonds. The molecule has 0 radical (unpaired) electrons. The summed E-state index contributed by atoms with van der Waals surface area (Å²) >= 11 is 0. The predicted octanol–water partition coefficient (Wildman–Crippen LogP) is 2.84. The SMILES string of the molecule is CC(C)(C)C1CCCC2NCCCN2CC1. The van der Waals surface area contributed by atoms with Crippen LogP contribution >= 0.6 is 0 Å². The molecule has 0 aromatic rings. The Hall–Kier alpha value is -0.0800. The second kappa shape index (κ2) is 5.05. The topological polar surface area (TPSA) is 15.3 Å². The molecule has 2 heteroatoms. The van der Waals surface area contributed by atoms with Crippen molar-refractivity contribution in [2.24, 2.45) is 11.3 Å². The lowest BCUT2D eigenvalue weighted by atomic mass is 9.75. The van der Waals surface area contributed by atoms with Crippen LogP contribution in [0.1, 0.15) is 52.9 Å². The normalized spacial score (nSPS) is 33.9. The minimum absolute atomic E-state index is 0.496. The lowest BCUT2D eigenvalue weighted by molar-refractivity contribution is 0.0759. The Bertz CT molecular complexity index is 219. The van der Waals surface area contributed by atoms with E-state index in [2.05, 4.69) is 31.0 Å². The second-order valence-electron chi connectivity index (χ2n) is 6.64. The molecular formula is C14H28N2. The fourth-order valence-corrected chi connectivity index (χ4v) is 3.28. The summed E-state index contributed by atoms with van der Waals surface area (Å²) in [6.07, 6.45) is 7.59. The lowest BCUT2D eigenvalue weighted by Gasteiger charge is -2.41. The molecule has 0 saturated carbocycles. The van der Waals surface area contributed by atoms with Crippen LogP contribution in [0.4, 0.5) is 0 Å². The average molecular weight is 224 g/mol. The van der Waals surface area contributed by atoms with Crippen molar-refractivity contribution in [3.63, 3.8) is 0 Å². The van der Waals surface area contributed by atoms with Crippen LogP contribution in [-0.4, -0.2) is 30.7 Å². The zero-order chi connectivity index (χ0) is 11.6. The first-order valence-corrected chi connectivity index (χ1v) is 7.05. The van der Waals surface area contributed by atoms with Gasteiger partial charge in [0, 0.05) is 6.54 Å². The molecule has 1 N–H and O–H groups in total. The monoisotopic (exact) mass is 224 g/mol. The largest absolute Gasteiger partial charge is 0.302 e. The van der Waals surface area contributed by atoms with Crippen LogP contribution < -0.4 is 5.32 Å². The van der Waals surface area contributed by atoms with Gasteiger partial charge in [-0.1, -0.05) is 27.2 Å². The molecule has 0 aliphatic carbocycles. The Kier molecular flexibility index (Phi) is 3.91. The molecule has 2 fully saturated rings. The molecule has 0 aromatic heterocycles. The lowest BCUT2D eigenvalue weighted by Crippen LogP contribution is -2.52. The molecule has 2 unspecified atom stereocenters. The fraction of sp³-hybridized carbons (Fsp3) is 1.00. The third kappa shape index (κ3) is 2.98. The Balaban J connectivity index is 1.93. The van der Waals surface area contributed by atoms with E-state index in [1.807, 2.05) is 0 Å². The molecule has 94 valence electrons. The molecular weight excluding hydrogens is 196 g/mol. The second-order valence-corrected chi connectivity index (χ2v) is 6.64. The predicted molar refractivity (Wildman–Crippen MR) is 69.4 cm³/mol. The molecule has 2 heterocycles. The Morgan fingerprint density at radius 3 is 2.56 bits per heavy atom. The Labute approximate surface area is 101 Å². The number of nitrogens with one attached hydrogen (secondary N) is 1. The van der Waals surface area contributed by atoms with Gasteiger partial charge in [-0.05, 0) is 50.1 Å². The van der Waals surface area contributed by atoms with Gasteiger partial charge in [-0.25, -0.2) is 0 Å². The van der Waals surface area contributed by atoms with Gasteiger partial charge < -0.3 is 5.32 Å². The molecule has 16 heavy (non-hydrogen) atoms. The Morgan fingerprint density at radius 2 is 1.81 bits per heavy atom. The van der Waals surface area contributed by atoms with Gasteiger partial charge >= 0.3 is 0 Å². The summed E-state index contributed by atoms with van der Waals surface area (Å²) in [5, 5.41) is 3.67. The first-order chi connectivity index (χ1) is 7.57. The highest BCUT2D eigenvalue weighted by Gasteiger charge is 2.29. The van der Waals surface area contributed by atoms with Crippen molar-refractivity contribution in [1.82, 2.24) is 10.2 Å². The van der Waals surface area contributed by atoms with Crippen LogP contribution in [0.2, 0.25) is 0 Å². The van der Waals surface area contributed by atoms with E-state index in [1.54, 1.807) is 0 Å². The number of fused-ring (bicyclic) bond motifs is 1. The van der Waals surface area contributed by atoms with Gasteiger partial charge in [-0.3, -0.25) is 4.90 Å². The third-order valence-electron chi connectivity index (χ3n) is 4.46. The van der Waals surface area contributed by atoms with Crippen LogP contribution in [0.15, 0.2) is 0 Å². The maximum absolute atomic E-state index is 3.67. The zero-order valence-corrected chi connectivity index (χ0v) is 11.3. The molecule has 0 spiro atoms. The average Bonchev–Trinajstić information content (AvgIpc) is 2.17. The highest BCUT2D eigenvalue weighted by molar-refractivity contribution is 4.82. The van der Waals surface area contributed by atoms with Gasteiger partial charge in [0.25, 0.3) is 0 Å². The van der Waals surface area contributed by atoms with Crippen molar-refractivity contribution in [3.8, 4) is 0 Å². The minimum Gasteiger partial charge on any atom is -0.302 e. The van der Waals surface area contributed by atoms with Gasteiger partial charge in [-0.2, -0.15) is 0 Å². The van der Waals surface area contributed by atoms with E-state index in [1.165, 1.54) is 51.7 Å². The molecule has 2 saturated heterocycles. The van der Waals surface area contributed by atoms with E-state index in [-0.39, 0.29) is 0 Å². The molecule has 2 aliphatic rings. The molecule has 2 rings (SSSR count). The van der Waals surface area contributed by atoms with Gasteiger partial charge in [0.1, 0.15) is 0 Å². The maximum Gasteiger partial charge on any atom is 0.0597 e. The number of hydrogen-bond donors (Lipinski definition) is 1. The molecule has 2 aliphatic heterocycles. The van der Waals surface area contributed by atoms with Gasteiger partial charge in [0.15, 0.2) is 0 Å². The quantitative estimate of drug-likeness (QED) is 0.680. The van der Waals surface area contributed by atoms with Gasteiger partial charge in [-0.15, -0.1) is 0 Å².